The third-order valence-electron chi connectivity index (χ3n) is 2.90. The van der Waals surface area contributed by atoms with Crippen molar-refractivity contribution in [2.24, 2.45) is 0 Å². The SMILES string of the molecule is Cc1ccc2c(ccc[n+]2[O-])c1C(C)(C)C. The summed E-state index contributed by atoms with van der Waals surface area (Å²) >= 11 is 0. The minimum Gasteiger partial charge on any atom is -0.618 e. The second-order valence-electron chi connectivity index (χ2n) is 5.27. The van der Waals surface area contributed by atoms with Gasteiger partial charge in [-0.1, -0.05) is 26.8 Å². The van der Waals surface area contributed by atoms with Crippen LogP contribution in [0, 0.1) is 12.1 Å². The number of nitrogens with zero attached hydrogens (tertiary/aromatic N) is 1. The predicted molar refractivity (Wildman–Crippen MR) is 66.3 cm³/mol. The first-order chi connectivity index (χ1) is 7.41. The molecule has 2 aromatic rings. The largest absolute Gasteiger partial charge is 0.618 e. The van der Waals surface area contributed by atoms with Gasteiger partial charge in [-0.15, -0.1) is 0 Å². The molecule has 0 bridgehead atoms. The Kier molecular flexibility index (Phi) is 2.38. The summed E-state index contributed by atoms with van der Waals surface area (Å²) in [5.41, 5.74) is 3.30. The molecule has 0 spiro atoms. The Hall–Kier alpha value is -1.57. The molecular weight excluding hydrogens is 198 g/mol. The van der Waals surface area contributed by atoms with Crippen LogP contribution < -0.4 is 4.73 Å². The molecule has 2 heteroatoms. The molecule has 0 N–H and O–H groups in total. The van der Waals surface area contributed by atoms with Crippen molar-refractivity contribution >= 4 is 10.9 Å². The zero-order valence-electron chi connectivity index (χ0n) is 10.2. The van der Waals surface area contributed by atoms with Crippen LogP contribution in [0.3, 0.4) is 0 Å². The summed E-state index contributed by atoms with van der Waals surface area (Å²) in [5.74, 6) is 0. The lowest BCUT2D eigenvalue weighted by Crippen LogP contribution is -2.27. The van der Waals surface area contributed by atoms with Crippen LogP contribution in [0.15, 0.2) is 30.5 Å². The van der Waals surface area contributed by atoms with E-state index >= 15 is 0 Å². The Morgan fingerprint density at radius 1 is 1.12 bits per heavy atom. The van der Waals surface area contributed by atoms with Gasteiger partial charge in [0.2, 0.25) is 5.52 Å². The molecule has 0 unspecified atom stereocenters. The Labute approximate surface area is 96.1 Å². The highest BCUT2D eigenvalue weighted by Crippen LogP contribution is 2.31. The van der Waals surface area contributed by atoms with E-state index in [1.165, 1.54) is 11.1 Å². The van der Waals surface area contributed by atoms with E-state index in [0.717, 1.165) is 15.6 Å². The molecule has 16 heavy (non-hydrogen) atoms. The average Bonchev–Trinajstić information content (AvgIpc) is 2.15. The molecule has 0 saturated heterocycles. The summed E-state index contributed by atoms with van der Waals surface area (Å²) < 4.78 is 0.935. The number of benzene rings is 1. The molecule has 1 aromatic carbocycles. The lowest BCUT2D eigenvalue weighted by atomic mass is 9.81. The van der Waals surface area contributed by atoms with Crippen molar-refractivity contribution in [1.82, 2.24) is 0 Å². The van der Waals surface area contributed by atoms with Gasteiger partial charge in [-0.25, -0.2) is 0 Å². The van der Waals surface area contributed by atoms with Crippen LogP contribution in [0.25, 0.3) is 10.9 Å². The number of pyridine rings is 1. The predicted octanol–water partition coefficient (Wildman–Crippen LogP) is 3.08. The smallest absolute Gasteiger partial charge is 0.224 e. The highest BCUT2D eigenvalue weighted by Gasteiger charge is 2.21. The average molecular weight is 215 g/mol. The zero-order chi connectivity index (χ0) is 11.9. The minimum atomic E-state index is 0.0535. The first kappa shape index (κ1) is 10.9. The number of hydrogen-bond acceptors (Lipinski definition) is 1. The van der Waals surface area contributed by atoms with Gasteiger partial charge in [0, 0.05) is 12.1 Å². The van der Waals surface area contributed by atoms with Crippen molar-refractivity contribution in [2.45, 2.75) is 33.1 Å². The monoisotopic (exact) mass is 215 g/mol. The van der Waals surface area contributed by atoms with Crippen LogP contribution in [-0.4, -0.2) is 0 Å². The Morgan fingerprint density at radius 3 is 2.44 bits per heavy atom. The van der Waals surface area contributed by atoms with Crippen LogP contribution >= 0.6 is 0 Å². The maximum Gasteiger partial charge on any atom is 0.224 e. The molecule has 2 rings (SSSR count). The molecule has 0 aliphatic heterocycles. The molecule has 0 saturated carbocycles. The van der Waals surface area contributed by atoms with E-state index in [0.29, 0.717) is 0 Å². The maximum atomic E-state index is 11.7. The van der Waals surface area contributed by atoms with Crippen molar-refractivity contribution in [3.63, 3.8) is 0 Å². The van der Waals surface area contributed by atoms with Crippen molar-refractivity contribution in [3.05, 3.63) is 46.8 Å². The van der Waals surface area contributed by atoms with Gasteiger partial charge in [-0.2, -0.15) is 4.73 Å². The molecule has 84 valence electrons. The van der Waals surface area contributed by atoms with Gasteiger partial charge in [-0.05, 0) is 29.5 Å². The zero-order valence-corrected chi connectivity index (χ0v) is 10.2. The minimum absolute atomic E-state index is 0.0535. The van der Waals surface area contributed by atoms with Gasteiger partial charge >= 0.3 is 0 Å². The van der Waals surface area contributed by atoms with Gasteiger partial charge in [0.05, 0.1) is 5.39 Å². The molecule has 0 aliphatic rings. The molecule has 0 radical (unpaired) electrons. The van der Waals surface area contributed by atoms with E-state index in [-0.39, 0.29) is 5.41 Å². The van der Waals surface area contributed by atoms with Gasteiger partial charge in [0.1, 0.15) is 0 Å². The number of aryl methyl sites for hydroxylation is 1. The quantitative estimate of drug-likeness (QED) is 0.490. The summed E-state index contributed by atoms with van der Waals surface area (Å²) in [7, 11) is 0. The molecule has 0 amide bonds. The number of aromatic nitrogens is 1. The lowest BCUT2D eigenvalue weighted by molar-refractivity contribution is -0.577. The van der Waals surface area contributed by atoms with E-state index < -0.39 is 0 Å². The van der Waals surface area contributed by atoms with E-state index in [4.69, 9.17) is 0 Å². The van der Waals surface area contributed by atoms with Crippen molar-refractivity contribution in [1.29, 1.82) is 0 Å². The van der Waals surface area contributed by atoms with Crippen LogP contribution in [0.4, 0.5) is 0 Å². The summed E-state index contributed by atoms with van der Waals surface area (Å²) in [4.78, 5) is 0. The first-order valence-corrected chi connectivity index (χ1v) is 5.53. The third-order valence-corrected chi connectivity index (χ3v) is 2.90. The van der Waals surface area contributed by atoms with E-state index in [1.807, 2.05) is 24.3 Å². The number of rotatable bonds is 0. The Bertz CT molecular complexity index is 538. The summed E-state index contributed by atoms with van der Waals surface area (Å²) in [6.07, 6.45) is 1.55. The first-order valence-electron chi connectivity index (χ1n) is 5.53. The van der Waals surface area contributed by atoms with Crippen molar-refractivity contribution in [2.75, 3.05) is 0 Å². The summed E-state index contributed by atoms with van der Waals surface area (Å²) in [5, 5.41) is 12.7. The van der Waals surface area contributed by atoms with E-state index in [1.54, 1.807) is 6.20 Å². The molecule has 0 aliphatic carbocycles. The Balaban J connectivity index is 2.91. The second kappa shape index (κ2) is 3.48. The van der Waals surface area contributed by atoms with Crippen LogP contribution in [0.5, 0.6) is 0 Å². The van der Waals surface area contributed by atoms with Crippen LogP contribution in [0.1, 0.15) is 31.9 Å². The van der Waals surface area contributed by atoms with Gasteiger partial charge in [-0.3, -0.25) is 0 Å². The van der Waals surface area contributed by atoms with E-state index in [9.17, 15) is 5.21 Å². The summed E-state index contributed by atoms with van der Waals surface area (Å²) in [6.45, 7) is 8.63. The number of hydrogen-bond donors (Lipinski definition) is 0. The topological polar surface area (TPSA) is 26.9 Å². The highest BCUT2D eigenvalue weighted by atomic mass is 16.5. The third kappa shape index (κ3) is 1.64. The standard InChI is InChI=1S/C14H17NO/c1-10-7-8-12-11(6-5-9-15(12)16)13(10)14(2,3)4/h5-9H,1-4H3. The number of fused-ring (bicyclic) bond motifs is 1. The molecule has 1 aromatic heterocycles. The second-order valence-corrected chi connectivity index (χ2v) is 5.27. The summed E-state index contributed by atoms with van der Waals surface area (Å²) in [6, 6.07) is 7.76. The Morgan fingerprint density at radius 2 is 1.81 bits per heavy atom. The fourth-order valence-corrected chi connectivity index (χ4v) is 2.37. The maximum absolute atomic E-state index is 11.7. The molecule has 1 heterocycles. The molecule has 2 nitrogen and oxygen atoms in total. The fourth-order valence-electron chi connectivity index (χ4n) is 2.37. The molecular formula is C14H17NO. The van der Waals surface area contributed by atoms with Crippen LogP contribution in [-0.2, 0) is 5.41 Å². The van der Waals surface area contributed by atoms with Gasteiger partial charge < -0.3 is 5.21 Å². The fraction of sp³-hybridized carbons (Fsp3) is 0.357. The van der Waals surface area contributed by atoms with Crippen molar-refractivity contribution in [3.8, 4) is 0 Å². The van der Waals surface area contributed by atoms with Crippen LogP contribution in [0.2, 0.25) is 0 Å². The van der Waals surface area contributed by atoms with Gasteiger partial charge in [0.25, 0.3) is 0 Å². The van der Waals surface area contributed by atoms with Crippen molar-refractivity contribution < 1.29 is 4.73 Å². The normalized spacial score (nSPS) is 12.0. The molecule has 0 fully saturated rings. The lowest BCUT2D eigenvalue weighted by Gasteiger charge is -2.23. The highest BCUT2D eigenvalue weighted by molar-refractivity contribution is 5.82. The molecule has 0 atom stereocenters. The van der Waals surface area contributed by atoms with Gasteiger partial charge in [0.15, 0.2) is 6.20 Å². The van der Waals surface area contributed by atoms with E-state index in [2.05, 4.69) is 27.7 Å².